The molecule has 2 nitrogen and oxygen atoms in total. The van der Waals surface area contributed by atoms with Crippen LogP contribution >= 0.6 is 23.2 Å². The standard InChI is InChI=1S/C18H15Cl2NO/c1-11-2-4-12(5-3-11)18(22)15-10-21-9-14(15)13-6-7-16(19)17(20)8-13/h2-10,18,21-22H,1H3/t18-/m0/s1. The average molecular weight is 332 g/mol. The van der Waals surface area contributed by atoms with Gasteiger partial charge in [-0.25, -0.2) is 0 Å². The molecule has 3 aromatic rings. The molecule has 1 aromatic heterocycles. The maximum atomic E-state index is 10.7. The van der Waals surface area contributed by atoms with E-state index in [1.165, 1.54) is 0 Å². The van der Waals surface area contributed by atoms with Crippen molar-refractivity contribution in [3.63, 3.8) is 0 Å². The molecule has 0 amide bonds. The number of rotatable bonds is 3. The Bertz CT molecular complexity index is 793. The number of aliphatic hydroxyl groups excluding tert-OH is 1. The summed E-state index contributed by atoms with van der Waals surface area (Å²) < 4.78 is 0. The van der Waals surface area contributed by atoms with Crippen molar-refractivity contribution in [2.75, 3.05) is 0 Å². The molecule has 3 rings (SSSR count). The minimum atomic E-state index is -0.698. The van der Waals surface area contributed by atoms with E-state index in [0.717, 1.165) is 27.8 Å². The Balaban J connectivity index is 2.01. The van der Waals surface area contributed by atoms with Crippen molar-refractivity contribution in [1.29, 1.82) is 0 Å². The maximum Gasteiger partial charge on any atom is 0.106 e. The van der Waals surface area contributed by atoms with E-state index in [4.69, 9.17) is 23.2 Å². The van der Waals surface area contributed by atoms with Crippen molar-refractivity contribution in [2.45, 2.75) is 13.0 Å². The number of hydrogen-bond donors (Lipinski definition) is 2. The second kappa shape index (κ2) is 6.17. The molecule has 4 heteroatoms. The van der Waals surface area contributed by atoms with E-state index in [1.54, 1.807) is 12.1 Å². The van der Waals surface area contributed by atoms with Gasteiger partial charge in [0.2, 0.25) is 0 Å². The first-order chi connectivity index (χ1) is 10.6. The Labute approximate surface area is 139 Å². The summed E-state index contributed by atoms with van der Waals surface area (Å²) in [6.07, 6.45) is 2.96. The van der Waals surface area contributed by atoms with Crippen LogP contribution in [0, 0.1) is 6.92 Å². The molecule has 0 radical (unpaired) electrons. The van der Waals surface area contributed by atoms with E-state index in [1.807, 2.05) is 49.6 Å². The number of aromatic amines is 1. The number of hydrogen-bond acceptors (Lipinski definition) is 1. The number of aryl methyl sites for hydroxylation is 1. The predicted octanol–water partition coefficient (Wildman–Crippen LogP) is 5.38. The predicted molar refractivity (Wildman–Crippen MR) is 91.5 cm³/mol. The fourth-order valence-electron chi connectivity index (χ4n) is 2.44. The Morgan fingerprint density at radius 3 is 2.36 bits per heavy atom. The number of H-pyrrole nitrogens is 1. The Morgan fingerprint density at radius 1 is 0.955 bits per heavy atom. The van der Waals surface area contributed by atoms with Crippen LogP contribution in [0.3, 0.4) is 0 Å². The number of nitrogens with one attached hydrogen (secondary N) is 1. The van der Waals surface area contributed by atoms with E-state index in [2.05, 4.69) is 4.98 Å². The van der Waals surface area contributed by atoms with Crippen LogP contribution in [-0.4, -0.2) is 10.1 Å². The number of benzene rings is 2. The third kappa shape index (κ3) is 2.91. The lowest BCUT2D eigenvalue weighted by molar-refractivity contribution is 0.221. The summed E-state index contributed by atoms with van der Waals surface area (Å²) in [6, 6.07) is 13.3. The SMILES string of the molecule is Cc1ccc([C@H](O)c2c[nH]cc2-c2ccc(Cl)c(Cl)c2)cc1. The second-order valence-corrected chi connectivity index (χ2v) is 6.08. The van der Waals surface area contributed by atoms with Crippen molar-refractivity contribution in [1.82, 2.24) is 4.98 Å². The number of halogens is 2. The number of aromatic nitrogens is 1. The first-order valence-corrected chi connectivity index (χ1v) is 7.68. The smallest absolute Gasteiger partial charge is 0.106 e. The summed E-state index contributed by atoms with van der Waals surface area (Å²) in [5, 5.41) is 11.7. The molecular weight excluding hydrogens is 317 g/mol. The zero-order chi connectivity index (χ0) is 15.7. The van der Waals surface area contributed by atoms with Gasteiger partial charge in [0.15, 0.2) is 0 Å². The molecule has 1 heterocycles. The van der Waals surface area contributed by atoms with Crippen LogP contribution in [0.5, 0.6) is 0 Å². The van der Waals surface area contributed by atoms with Crippen LogP contribution in [0.4, 0.5) is 0 Å². The van der Waals surface area contributed by atoms with Gasteiger partial charge in [-0.2, -0.15) is 0 Å². The molecule has 2 N–H and O–H groups in total. The first-order valence-electron chi connectivity index (χ1n) is 6.93. The quantitative estimate of drug-likeness (QED) is 0.664. The highest BCUT2D eigenvalue weighted by Crippen LogP contribution is 2.34. The molecule has 112 valence electrons. The van der Waals surface area contributed by atoms with Crippen molar-refractivity contribution in [3.8, 4) is 11.1 Å². The molecule has 0 spiro atoms. The van der Waals surface area contributed by atoms with Crippen LogP contribution in [0.1, 0.15) is 22.8 Å². The van der Waals surface area contributed by atoms with Gasteiger partial charge in [-0.1, -0.05) is 59.1 Å². The zero-order valence-electron chi connectivity index (χ0n) is 12.0. The van der Waals surface area contributed by atoms with Gasteiger partial charge in [-0.3, -0.25) is 0 Å². The highest BCUT2D eigenvalue weighted by Gasteiger charge is 2.17. The molecule has 0 unspecified atom stereocenters. The third-order valence-corrected chi connectivity index (χ3v) is 4.43. The van der Waals surface area contributed by atoms with Crippen LogP contribution in [0.25, 0.3) is 11.1 Å². The third-order valence-electron chi connectivity index (χ3n) is 3.70. The molecule has 0 aliphatic rings. The molecule has 1 atom stereocenters. The van der Waals surface area contributed by atoms with Crippen LogP contribution in [0.2, 0.25) is 10.0 Å². The molecule has 2 aromatic carbocycles. The van der Waals surface area contributed by atoms with Crippen molar-refractivity contribution >= 4 is 23.2 Å². The van der Waals surface area contributed by atoms with Crippen molar-refractivity contribution in [3.05, 3.63) is 81.6 Å². The molecular formula is C18H15Cl2NO. The molecule has 0 aliphatic heterocycles. The monoisotopic (exact) mass is 331 g/mol. The number of aliphatic hydroxyl groups is 1. The van der Waals surface area contributed by atoms with E-state index in [-0.39, 0.29) is 0 Å². The summed E-state index contributed by atoms with van der Waals surface area (Å²) in [4.78, 5) is 3.06. The molecule has 0 fully saturated rings. The summed E-state index contributed by atoms with van der Waals surface area (Å²) >= 11 is 12.1. The Morgan fingerprint density at radius 2 is 1.68 bits per heavy atom. The summed E-state index contributed by atoms with van der Waals surface area (Å²) in [6.45, 7) is 2.02. The van der Waals surface area contributed by atoms with Gasteiger partial charge in [0, 0.05) is 23.5 Å². The molecule has 0 bridgehead atoms. The topological polar surface area (TPSA) is 36.0 Å². The van der Waals surface area contributed by atoms with E-state index < -0.39 is 6.10 Å². The first kappa shape index (κ1) is 15.2. The van der Waals surface area contributed by atoms with Crippen LogP contribution in [0.15, 0.2) is 54.9 Å². The van der Waals surface area contributed by atoms with E-state index in [9.17, 15) is 5.11 Å². The highest BCUT2D eigenvalue weighted by molar-refractivity contribution is 6.42. The van der Waals surface area contributed by atoms with Gasteiger partial charge < -0.3 is 10.1 Å². The molecule has 22 heavy (non-hydrogen) atoms. The second-order valence-electron chi connectivity index (χ2n) is 5.27. The van der Waals surface area contributed by atoms with E-state index in [0.29, 0.717) is 10.0 Å². The average Bonchev–Trinajstić information content (AvgIpc) is 2.99. The minimum absolute atomic E-state index is 0.496. The minimum Gasteiger partial charge on any atom is -0.384 e. The Hall–Kier alpha value is -1.74. The van der Waals surface area contributed by atoms with Gasteiger partial charge in [0.05, 0.1) is 10.0 Å². The van der Waals surface area contributed by atoms with Crippen molar-refractivity contribution in [2.24, 2.45) is 0 Å². The maximum absolute atomic E-state index is 10.7. The molecule has 0 saturated heterocycles. The summed E-state index contributed by atoms with van der Waals surface area (Å²) in [5.74, 6) is 0. The van der Waals surface area contributed by atoms with E-state index >= 15 is 0 Å². The fourth-order valence-corrected chi connectivity index (χ4v) is 2.74. The lowest BCUT2D eigenvalue weighted by atomic mass is 9.96. The van der Waals surface area contributed by atoms with Crippen LogP contribution in [-0.2, 0) is 0 Å². The van der Waals surface area contributed by atoms with Gasteiger partial charge in [0.1, 0.15) is 6.10 Å². The lowest BCUT2D eigenvalue weighted by Crippen LogP contribution is -2.00. The summed E-state index contributed by atoms with van der Waals surface area (Å²) in [5.41, 5.74) is 4.65. The molecule has 0 aliphatic carbocycles. The largest absolute Gasteiger partial charge is 0.384 e. The van der Waals surface area contributed by atoms with Gasteiger partial charge >= 0.3 is 0 Å². The Kier molecular flexibility index (Phi) is 4.25. The van der Waals surface area contributed by atoms with Crippen LogP contribution < -0.4 is 0 Å². The highest BCUT2D eigenvalue weighted by atomic mass is 35.5. The fraction of sp³-hybridized carbons (Fsp3) is 0.111. The summed E-state index contributed by atoms with van der Waals surface area (Å²) in [7, 11) is 0. The molecule has 0 saturated carbocycles. The lowest BCUT2D eigenvalue weighted by Gasteiger charge is -2.13. The zero-order valence-corrected chi connectivity index (χ0v) is 13.5. The van der Waals surface area contributed by atoms with Gasteiger partial charge in [-0.15, -0.1) is 0 Å². The van der Waals surface area contributed by atoms with Crippen molar-refractivity contribution < 1.29 is 5.11 Å². The van der Waals surface area contributed by atoms with Gasteiger partial charge in [0.25, 0.3) is 0 Å². The van der Waals surface area contributed by atoms with Gasteiger partial charge in [-0.05, 0) is 30.2 Å². The normalized spacial score (nSPS) is 12.4.